The van der Waals surface area contributed by atoms with Gasteiger partial charge in [-0.25, -0.2) is 0 Å². The van der Waals surface area contributed by atoms with Gasteiger partial charge in [0.05, 0.1) is 0 Å². The van der Waals surface area contributed by atoms with Crippen LogP contribution >= 0.6 is 0 Å². The number of methoxy groups -OCH3 is 1. The van der Waals surface area contributed by atoms with E-state index in [2.05, 4.69) is 31.1 Å². The van der Waals surface area contributed by atoms with Crippen molar-refractivity contribution < 1.29 is 4.74 Å². The zero-order chi connectivity index (χ0) is 13.8. The summed E-state index contributed by atoms with van der Waals surface area (Å²) < 4.78 is 5.31. The first-order valence-electron chi connectivity index (χ1n) is 8.06. The molecule has 2 rings (SSSR count). The highest BCUT2D eigenvalue weighted by atomic mass is 16.5. The van der Waals surface area contributed by atoms with Gasteiger partial charge in [-0.2, -0.15) is 0 Å². The summed E-state index contributed by atoms with van der Waals surface area (Å²) in [6, 6.07) is 1.42. The molecular weight excluding hydrogens is 236 g/mol. The Kier molecular flexibility index (Phi) is 5.67. The van der Waals surface area contributed by atoms with Crippen LogP contribution in [-0.2, 0) is 4.74 Å². The van der Waals surface area contributed by atoms with Crippen LogP contribution in [0.1, 0.15) is 39.5 Å². The monoisotopic (exact) mass is 268 g/mol. The highest BCUT2D eigenvalue weighted by Gasteiger charge is 2.38. The van der Waals surface area contributed by atoms with Crippen LogP contribution in [0.25, 0.3) is 0 Å². The minimum Gasteiger partial charge on any atom is -0.384 e. The topological polar surface area (TPSA) is 24.5 Å². The third-order valence-electron chi connectivity index (χ3n) is 5.27. The first-order chi connectivity index (χ1) is 9.15. The van der Waals surface area contributed by atoms with E-state index < -0.39 is 0 Å². The van der Waals surface area contributed by atoms with E-state index in [-0.39, 0.29) is 0 Å². The Bertz CT molecular complexity index is 263. The number of likely N-dealkylation sites (N-methyl/N-ethyl adjacent to an activating group) is 1. The summed E-state index contributed by atoms with van der Waals surface area (Å²) in [5.74, 6) is 2.47. The minimum absolute atomic E-state index is 0.678. The second-order valence-electron chi connectivity index (χ2n) is 6.87. The van der Waals surface area contributed by atoms with Crippen LogP contribution in [0.5, 0.6) is 0 Å². The largest absolute Gasteiger partial charge is 0.384 e. The van der Waals surface area contributed by atoms with Crippen molar-refractivity contribution in [1.82, 2.24) is 10.2 Å². The lowest BCUT2D eigenvalue weighted by molar-refractivity contribution is 0.0245. The molecule has 1 aliphatic carbocycles. The molecule has 0 amide bonds. The van der Waals surface area contributed by atoms with Gasteiger partial charge in [0.15, 0.2) is 0 Å². The quantitative estimate of drug-likeness (QED) is 0.847. The van der Waals surface area contributed by atoms with Crippen molar-refractivity contribution in [2.45, 2.75) is 51.6 Å². The fraction of sp³-hybridized carbons (Fsp3) is 1.00. The van der Waals surface area contributed by atoms with Gasteiger partial charge in [-0.1, -0.05) is 13.8 Å². The normalized spacial score (nSPS) is 38.5. The van der Waals surface area contributed by atoms with Crippen molar-refractivity contribution in [3.63, 3.8) is 0 Å². The maximum atomic E-state index is 5.31. The maximum absolute atomic E-state index is 5.31. The van der Waals surface area contributed by atoms with Gasteiger partial charge < -0.3 is 10.1 Å². The van der Waals surface area contributed by atoms with Crippen LogP contribution in [0.4, 0.5) is 0 Å². The van der Waals surface area contributed by atoms with Crippen LogP contribution in [0, 0.1) is 17.8 Å². The Labute approximate surface area is 119 Å². The average molecular weight is 268 g/mol. The van der Waals surface area contributed by atoms with Crippen molar-refractivity contribution in [2.24, 2.45) is 17.8 Å². The molecule has 0 spiro atoms. The Hall–Kier alpha value is -0.120. The molecule has 0 aromatic rings. The number of rotatable bonds is 4. The predicted octanol–water partition coefficient (Wildman–Crippen LogP) is 2.37. The number of nitrogens with one attached hydrogen (secondary N) is 1. The van der Waals surface area contributed by atoms with Gasteiger partial charge in [0.2, 0.25) is 0 Å². The van der Waals surface area contributed by atoms with E-state index in [1.54, 1.807) is 0 Å². The Morgan fingerprint density at radius 3 is 2.42 bits per heavy atom. The molecule has 1 heterocycles. The Balaban J connectivity index is 1.92. The second kappa shape index (κ2) is 7.05. The lowest BCUT2D eigenvalue weighted by Crippen LogP contribution is -2.57. The Morgan fingerprint density at radius 2 is 1.84 bits per heavy atom. The zero-order valence-corrected chi connectivity index (χ0v) is 13.2. The van der Waals surface area contributed by atoms with Gasteiger partial charge in [0, 0.05) is 25.8 Å². The second-order valence-corrected chi connectivity index (χ2v) is 6.87. The van der Waals surface area contributed by atoms with Gasteiger partial charge >= 0.3 is 0 Å². The first kappa shape index (κ1) is 15.3. The summed E-state index contributed by atoms with van der Waals surface area (Å²) in [5, 5.41) is 3.58. The zero-order valence-electron chi connectivity index (χ0n) is 13.2. The summed E-state index contributed by atoms with van der Waals surface area (Å²) in [6.45, 7) is 8.32. The molecule has 1 N–H and O–H groups in total. The van der Waals surface area contributed by atoms with Crippen LogP contribution in [0.3, 0.4) is 0 Å². The molecule has 4 unspecified atom stereocenters. The molecule has 1 saturated carbocycles. The summed E-state index contributed by atoms with van der Waals surface area (Å²) in [7, 11) is 3.97. The molecule has 0 radical (unpaired) electrons. The standard InChI is InChI=1S/C16H32N2O/c1-12-9-13(2)16(15(10-12)17-3)18-7-5-14(6-8-18)11-19-4/h12-17H,5-11H2,1-4H3. The van der Waals surface area contributed by atoms with E-state index in [0.29, 0.717) is 6.04 Å². The average Bonchev–Trinajstić information content (AvgIpc) is 2.39. The molecule has 1 aliphatic heterocycles. The molecule has 1 saturated heterocycles. The van der Waals surface area contributed by atoms with E-state index in [1.807, 2.05) is 7.11 Å². The third-order valence-corrected chi connectivity index (χ3v) is 5.27. The number of hydrogen-bond donors (Lipinski definition) is 1. The predicted molar refractivity (Wildman–Crippen MR) is 80.4 cm³/mol. The number of nitrogens with zero attached hydrogens (tertiary/aromatic N) is 1. The van der Waals surface area contributed by atoms with E-state index in [1.165, 1.54) is 38.8 Å². The fourth-order valence-electron chi connectivity index (χ4n) is 4.40. The molecule has 3 heteroatoms. The minimum atomic E-state index is 0.678. The highest BCUT2D eigenvalue weighted by molar-refractivity contribution is 4.94. The number of likely N-dealkylation sites (tertiary alicyclic amines) is 1. The van der Waals surface area contributed by atoms with Crippen LogP contribution in [0.2, 0.25) is 0 Å². The molecule has 3 nitrogen and oxygen atoms in total. The summed E-state index contributed by atoms with van der Waals surface area (Å²) in [4.78, 5) is 2.75. The molecule has 0 aromatic carbocycles. The summed E-state index contributed by atoms with van der Waals surface area (Å²) >= 11 is 0. The smallest absolute Gasteiger partial charge is 0.0491 e. The van der Waals surface area contributed by atoms with E-state index in [9.17, 15) is 0 Å². The number of hydrogen-bond acceptors (Lipinski definition) is 3. The van der Waals surface area contributed by atoms with Gasteiger partial charge in [-0.05, 0) is 63.6 Å². The van der Waals surface area contributed by atoms with E-state index >= 15 is 0 Å². The molecule has 4 atom stereocenters. The molecule has 0 bridgehead atoms. The Morgan fingerprint density at radius 1 is 1.16 bits per heavy atom. The van der Waals surface area contributed by atoms with Crippen LogP contribution in [-0.4, -0.2) is 50.8 Å². The molecular formula is C16H32N2O. The number of piperidine rings is 1. The first-order valence-corrected chi connectivity index (χ1v) is 8.06. The maximum Gasteiger partial charge on any atom is 0.0491 e. The van der Waals surface area contributed by atoms with E-state index in [0.717, 1.165) is 30.4 Å². The molecule has 2 fully saturated rings. The lowest BCUT2D eigenvalue weighted by atomic mass is 9.75. The van der Waals surface area contributed by atoms with Crippen LogP contribution < -0.4 is 5.32 Å². The van der Waals surface area contributed by atoms with Gasteiger partial charge in [-0.3, -0.25) is 4.90 Å². The van der Waals surface area contributed by atoms with E-state index in [4.69, 9.17) is 4.74 Å². The van der Waals surface area contributed by atoms with Crippen LogP contribution in [0.15, 0.2) is 0 Å². The van der Waals surface area contributed by atoms with Crippen molar-refractivity contribution in [3.8, 4) is 0 Å². The van der Waals surface area contributed by atoms with Gasteiger partial charge in [0.25, 0.3) is 0 Å². The SMILES string of the molecule is CNC1CC(C)CC(C)C1N1CCC(COC)CC1. The highest BCUT2D eigenvalue weighted by Crippen LogP contribution is 2.34. The molecule has 2 aliphatic rings. The fourth-order valence-corrected chi connectivity index (χ4v) is 4.40. The summed E-state index contributed by atoms with van der Waals surface area (Å²) in [6.07, 6.45) is 5.34. The molecule has 19 heavy (non-hydrogen) atoms. The van der Waals surface area contributed by atoms with Gasteiger partial charge in [-0.15, -0.1) is 0 Å². The molecule has 112 valence electrons. The van der Waals surface area contributed by atoms with Gasteiger partial charge in [0.1, 0.15) is 0 Å². The van der Waals surface area contributed by atoms with Crippen molar-refractivity contribution >= 4 is 0 Å². The van der Waals surface area contributed by atoms with Crippen molar-refractivity contribution in [3.05, 3.63) is 0 Å². The molecule has 0 aromatic heterocycles. The number of ether oxygens (including phenoxy) is 1. The third kappa shape index (κ3) is 3.71. The van der Waals surface area contributed by atoms with Crippen molar-refractivity contribution in [1.29, 1.82) is 0 Å². The van der Waals surface area contributed by atoms with Crippen molar-refractivity contribution in [2.75, 3.05) is 33.9 Å². The summed E-state index contributed by atoms with van der Waals surface area (Å²) in [5.41, 5.74) is 0. The lowest BCUT2D eigenvalue weighted by Gasteiger charge is -2.48.